The van der Waals surface area contributed by atoms with Crippen molar-refractivity contribution in [3.63, 3.8) is 0 Å². The van der Waals surface area contributed by atoms with Gasteiger partial charge < -0.3 is 0 Å². The van der Waals surface area contributed by atoms with E-state index in [1.54, 1.807) is 0 Å². The molecule has 0 N–H and O–H groups in total. The largest absolute Gasteiger partial charge is 0.244 e. The number of nitrogens with zero attached hydrogens (tertiary/aromatic N) is 2. The highest BCUT2D eigenvalue weighted by Gasteiger charge is 2.02. The summed E-state index contributed by atoms with van der Waals surface area (Å²) in [6.45, 7) is 4.25. The molecule has 1 heterocycles. The molecular weight excluding hydrogens is 184 g/mol. The van der Waals surface area contributed by atoms with Crippen LogP contribution in [0.3, 0.4) is 0 Å². The fraction of sp³-hybridized carbons (Fsp3) is 0.308. The zero-order valence-corrected chi connectivity index (χ0v) is 9.13. The average molecular weight is 201 g/mol. The molecule has 1 aromatic heterocycles. The Kier molecular flexibility index (Phi) is 3.18. The van der Waals surface area contributed by atoms with E-state index in [4.69, 9.17) is 0 Å². The molecule has 0 fully saturated rings. The van der Waals surface area contributed by atoms with E-state index in [1.807, 2.05) is 0 Å². The van der Waals surface area contributed by atoms with Gasteiger partial charge in [-0.15, -0.1) is 0 Å². The van der Waals surface area contributed by atoms with Crippen LogP contribution in [0.4, 0.5) is 0 Å². The highest BCUT2D eigenvalue weighted by Crippen LogP contribution is 1.97. The molecule has 0 spiro atoms. The van der Waals surface area contributed by atoms with E-state index in [-0.39, 0.29) is 0 Å². The van der Waals surface area contributed by atoms with Gasteiger partial charge in [-0.1, -0.05) is 37.3 Å². The summed E-state index contributed by atoms with van der Waals surface area (Å²) in [4.78, 5) is 0. The van der Waals surface area contributed by atoms with Crippen LogP contribution < -0.4 is 4.57 Å². The zero-order chi connectivity index (χ0) is 10.5. The molecule has 1 aromatic carbocycles. The molecule has 15 heavy (non-hydrogen) atoms. The predicted molar refractivity (Wildman–Crippen MR) is 60.5 cm³/mol. The zero-order valence-electron chi connectivity index (χ0n) is 9.13. The van der Waals surface area contributed by atoms with Gasteiger partial charge >= 0.3 is 0 Å². The van der Waals surface area contributed by atoms with Crippen molar-refractivity contribution in [2.24, 2.45) is 0 Å². The van der Waals surface area contributed by atoms with E-state index in [2.05, 4.69) is 65.1 Å². The van der Waals surface area contributed by atoms with Gasteiger partial charge in [-0.25, -0.2) is 9.13 Å². The van der Waals surface area contributed by atoms with Gasteiger partial charge in [0.15, 0.2) is 0 Å². The second-order valence-electron chi connectivity index (χ2n) is 3.81. The smallest absolute Gasteiger partial charge is 0.237 e. The van der Waals surface area contributed by atoms with E-state index in [0.717, 1.165) is 13.1 Å². The maximum Gasteiger partial charge on any atom is 0.244 e. The quantitative estimate of drug-likeness (QED) is 0.671. The van der Waals surface area contributed by atoms with Gasteiger partial charge in [0, 0.05) is 0 Å². The number of aryl methyl sites for hydroxylation is 1. The molecule has 2 nitrogen and oxygen atoms in total. The van der Waals surface area contributed by atoms with Gasteiger partial charge in [0.05, 0.1) is 6.54 Å². The Morgan fingerprint density at radius 3 is 2.73 bits per heavy atom. The first-order valence-electron chi connectivity index (χ1n) is 5.47. The summed E-state index contributed by atoms with van der Waals surface area (Å²) >= 11 is 0. The van der Waals surface area contributed by atoms with Crippen LogP contribution in [0.15, 0.2) is 49.1 Å². The highest BCUT2D eigenvalue weighted by molar-refractivity contribution is 5.13. The Morgan fingerprint density at radius 1 is 1.20 bits per heavy atom. The van der Waals surface area contributed by atoms with E-state index >= 15 is 0 Å². The third-order valence-corrected chi connectivity index (χ3v) is 2.44. The van der Waals surface area contributed by atoms with Crippen molar-refractivity contribution in [2.75, 3.05) is 0 Å². The van der Waals surface area contributed by atoms with Crippen molar-refractivity contribution in [3.8, 4) is 0 Å². The Bertz CT molecular complexity index is 403. The Morgan fingerprint density at radius 2 is 2.00 bits per heavy atom. The molecule has 0 atom stereocenters. The third kappa shape index (κ3) is 2.69. The Balaban J connectivity index is 2.05. The second kappa shape index (κ2) is 4.78. The van der Waals surface area contributed by atoms with Crippen LogP contribution in [0.2, 0.25) is 0 Å². The molecule has 0 aliphatic rings. The van der Waals surface area contributed by atoms with Crippen LogP contribution in [0.1, 0.15) is 18.9 Å². The Hall–Kier alpha value is -1.57. The van der Waals surface area contributed by atoms with Crippen molar-refractivity contribution in [1.82, 2.24) is 4.57 Å². The summed E-state index contributed by atoms with van der Waals surface area (Å²) in [6.07, 6.45) is 7.60. The van der Waals surface area contributed by atoms with Crippen LogP contribution >= 0.6 is 0 Å². The fourth-order valence-electron chi connectivity index (χ4n) is 1.72. The second-order valence-corrected chi connectivity index (χ2v) is 3.81. The molecule has 0 saturated carbocycles. The lowest BCUT2D eigenvalue weighted by Crippen LogP contribution is -2.31. The van der Waals surface area contributed by atoms with Crippen LogP contribution in [0, 0.1) is 0 Å². The average Bonchev–Trinajstić information content (AvgIpc) is 2.68. The van der Waals surface area contributed by atoms with Gasteiger partial charge in [0.25, 0.3) is 0 Å². The molecule has 2 heteroatoms. The minimum atomic E-state index is 0.956. The molecule has 0 saturated heterocycles. The lowest BCUT2D eigenvalue weighted by atomic mass is 10.2. The predicted octanol–water partition coefficient (Wildman–Crippen LogP) is 2.23. The monoisotopic (exact) mass is 201 g/mol. The number of hydrogen-bond acceptors (Lipinski definition) is 0. The van der Waals surface area contributed by atoms with E-state index in [0.29, 0.717) is 0 Å². The number of rotatable bonds is 4. The third-order valence-electron chi connectivity index (χ3n) is 2.44. The normalized spacial score (nSPS) is 10.5. The molecule has 0 aliphatic carbocycles. The minimum Gasteiger partial charge on any atom is -0.237 e. The van der Waals surface area contributed by atoms with Crippen molar-refractivity contribution in [2.45, 2.75) is 26.4 Å². The summed E-state index contributed by atoms with van der Waals surface area (Å²) in [5, 5.41) is 0. The fourth-order valence-corrected chi connectivity index (χ4v) is 1.72. The number of benzene rings is 1. The molecule has 0 amide bonds. The highest BCUT2D eigenvalue weighted by atomic mass is 15.1. The SMILES string of the molecule is CCCn1cc[n+](Cc2ccccc2)c1. The topological polar surface area (TPSA) is 8.81 Å². The first-order valence-corrected chi connectivity index (χ1v) is 5.47. The van der Waals surface area contributed by atoms with Gasteiger partial charge in [-0.2, -0.15) is 0 Å². The molecular formula is C13H17N2+. The van der Waals surface area contributed by atoms with E-state index in [1.165, 1.54) is 12.0 Å². The number of aromatic nitrogens is 2. The lowest BCUT2D eigenvalue weighted by Gasteiger charge is -1.96. The van der Waals surface area contributed by atoms with Crippen LogP contribution in [-0.2, 0) is 13.1 Å². The van der Waals surface area contributed by atoms with E-state index in [9.17, 15) is 0 Å². The summed E-state index contributed by atoms with van der Waals surface area (Å²) in [7, 11) is 0. The van der Waals surface area contributed by atoms with E-state index < -0.39 is 0 Å². The van der Waals surface area contributed by atoms with Crippen molar-refractivity contribution >= 4 is 0 Å². The standard InChI is InChI=1S/C13H17N2/c1-2-8-14-9-10-15(12-14)11-13-6-4-3-5-7-13/h3-7,9-10,12H,2,8,11H2,1H3/q+1. The van der Waals surface area contributed by atoms with Gasteiger partial charge in [-0.05, 0) is 12.0 Å². The maximum absolute atomic E-state index is 2.23. The van der Waals surface area contributed by atoms with Gasteiger partial charge in [0.2, 0.25) is 6.33 Å². The molecule has 0 unspecified atom stereocenters. The molecule has 0 bridgehead atoms. The summed E-state index contributed by atoms with van der Waals surface area (Å²) in [5.41, 5.74) is 1.34. The number of imidazole rings is 1. The Labute approximate surface area is 90.8 Å². The van der Waals surface area contributed by atoms with Crippen LogP contribution in [0.5, 0.6) is 0 Å². The first kappa shape index (κ1) is 9.97. The van der Waals surface area contributed by atoms with Crippen molar-refractivity contribution < 1.29 is 4.57 Å². The maximum atomic E-state index is 2.23. The van der Waals surface area contributed by atoms with Gasteiger partial charge in [-0.3, -0.25) is 0 Å². The molecule has 78 valence electrons. The summed E-state index contributed by atoms with van der Waals surface area (Å²) < 4.78 is 4.44. The number of hydrogen-bond donors (Lipinski definition) is 0. The molecule has 0 radical (unpaired) electrons. The van der Waals surface area contributed by atoms with Crippen molar-refractivity contribution in [3.05, 3.63) is 54.6 Å². The van der Waals surface area contributed by atoms with Crippen LogP contribution in [0.25, 0.3) is 0 Å². The molecule has 2 rings (SSSR count). The summed E-state index contributed by atoms with van der Waals surface area (Å²) in [6, 6.07) is 10.5. The first-order chi connectivity index (χ1) is 7.38. The summed E-state index contributed by atoms with van der Waals surface area (Å²) in [5.74, 6) is 0. The lowest BCUT2D eigenvalue weighted by molar-refractivity contribution is -0.687. The molecule has 2 aromatic rings. The van der Waals surface area contributed by atoms with Gasteiger partial charge in [0.1, 0.15) is 18.9 Å². The minimum absolute atomic E-state index is 0.956. The molecule has 0 aliphatic heterocycles. The van der Waals surface area contributed by atoms with Crippen molar-refractivity contribution in [1.29, 1.82) is 0 Å². The van der Waals surface area contributed by atoms with Crippen LogP contribution in [-0.4, -0.2) is 4.57 Å².